The Kier molecular flexibility index (Phi) is 4.17. The Bertz CT molecular complexity index is 580. The normalized spacial score (nSPS) is 25.2. The zero-order valence-electron chi connectivity index (χ0n) is 12.2. The minimum absolute atomic E-state index is 0.0732. The van der Waals surface area contributed by atoms with Gasteiger partial charge in [0.15, 0.2) is 0 Å². The molecule has 2 fully saturated rings. The van der Waals surface area contributed by atoms with E-state index >= 15 is 0 Å². The van der Waals surface area contributed by atoms with Gasteiger partial charge in [0.1, 0.15) is 0 Å². The monoisotopic (exact) mass is 315 g/mol. The number of nitrogens with zero attached hydrogens (tertiary/aromatic N) is 3. The van der Waals surface area contributed by atoms with Crippen LogP contribution in [0, 0.1) is 0 Å². The van der Waals surface area contributed by atoms with Crippen LogP contribution in [0.3, 0.4) is 0 Å². The summed E-state index contributed by atoms with van der Waals surface area (Å²) in [6.07, 6.45) is 4.46. The van der Waals surface area contributed by atoms with E-state index in [4.69, 9.17) is 9.15 Å². The van der Waals surface area contributed by atoms with Crippen LogP contribution in [0.5, 0.6) is 0 Å². The quantitative estimate of drug-likeness (QED) is 0.833. The molecule has 1 saturated heterocycles. The number of hydrogen-bond donors (Lipinski definition) is 0. The molecule has 2 aliphatic rings. The Hall–Kier alpha value is -1.15. The molecule has 0 amide bonds. The van der Waals surface area contributed by atoms with Crippen molar-refractivity contribution < 1.29 is 17.6 Å². The highest BCUT2D eigenvalue weighted by molar-refractivity contribution is 7.91. The van der Waals surface area contributed by atoms with Gasteiger partial charge in [-0.25, -0.2) is 8.42 Å². The third kappa shape index (κ3) is 3.06. The molecule has 1 unspecified atom stereocenters. The summed E-state index contributed by atoms with van der Waals surface area (Å²) in [7, 11) is -3.49. The molecule has 21 heavy (non-hydrogen) atoms. The van der Waals surface area contributed by atoms with Gasteiger partial charge >= 0.3 is 11.2 Å². The topological polar surface area (TPSA) is 85.5 Å². The van der Waals surface area contributed by atoms with Crippen molar-refractivity contribution in [1.82, 2.24) is 10.2 Å². The van der Waals surface area contributed by atoms with Crippen LogP contribution < -0.4 is 4.90 Å². The lowest BCUT2D eigenvalue weighted by Gasteiger charge is -2.29. The van der Waals surface area contributed by atoms with Crippen LogP contribution in [-0.4, -0.2) is 49.7 Å². The van der Waals surface area contributed by atoms with E-state index in [0.29, 0.717) is 32.5 Å². The molecule has 3 rings (SSSR count). The third-order valence-corrected chi connectivity index (χ3v) is 6.14. The smallest absolute Gasteiger partial charge is 0.337 e. The second kappa shape index (κ2) is 5.92. The first-order valence-electron chi connectivity index (χ1n) is 7.51. The van der Waals surface area contributed by atoms with E-state index in [1.165, 1.54) is 0 Å². The number of morpholine rings is 1. The van der Waals surface area contributed by atoms with E-state index in [1.54, 1.807) is 0 Å². The number of ether oxygens (including phenoxy) is 1. The van der Waals surface area contributed by atoms with Crippen LogP contribution in [0.2, 0.25) is 0 Å². The zero-order chi connectivity index (χ0) is 14.9. The maximum absolute atomic E-state index is 12.5. The average Bonchev–Trinajstić information content (AvgIpc) is 2.99. The molecule has 0 N–H and O–H groups in total. The standard InChI is InChI=1S/C13H21N3O4S/c1-10-9-16(7-8-19-10)12-14-15-13(20-12)21(17,18)11-5-3-2-4-6-11/h10-11H,2-9H2,1H3. The van der Waals surface area contributed by atoms with Crippen molar-refractivity contribution in [3.05, 3.63) is 0 Å². The minimum Gasteiger partial charge on any atom is -0.394 e. The van der Waals surface area contributed by atoms with E-state index in [0.717, 1.165) is 19.3 Å². The van der Waals surface area contributed by atoms with Crippen molar-refractivity contribution in [2.75, 3.05) is 24.6 Å². The lowest BCUT2D eigenvalue weighted by molar-refractivity contribution is 0.0511. The van der Waals surface area contributed by atoms with Gasteiger partial charge in [-0.1, -0.05) is 29.5 Å². The van der Waals surface area contributed by atoms with Crippen molar-refractivity contribution in [2.45, 2.75) is 55.6 Å². The molecule has 8 heteroatoms. The van der Waals surface area contributed by atoms with Gasteiger partial charge in [0, 0.05) is 13.1 Å². The molecule has 0 bridgehead atoms. The zero-order valence-corrected chi connectivity index (χ0v) is 13.0. The summed E-state index contributed by atoms with van der Waals surface area (Å²) < 4.78 is 35.9. The lowest BCUT2D eigenvalue weighted by Crippen LogP contribution is -2.41. The van der Waals surface area contributed by atoms with Crippen LogP contribution in [0.25, 0.3) is 0 Å². The van der Waals surface area contributed by atoms with Gasteiger partial charge in [-0.3, -0.25) is 0 Å². The van der Waals surface area contributed by atoms with E-state index in [9.17, 15) is 8.42 Å². The van der Waals surface area contributed by atoms with Crippen LogP contribution >= 0.6 is 0 Å². The van der Waals surface area contributed by atoms with Gasteiger partial charge in [-0.15, -0.1) is 0 Å². The summed E-state index contributed by atoms with van der Waals surface area (Å²) in [5, 5.41) is 7.08. The Morgan fingerprint density at radius 2 is 1.95 bits per heavy atom. The predicted octanol–water partition coefficient (Wildman–Crippen LogP) is 1.40. The number of aromatic nitrogens is 2. The summed E-state index contributed by atoms with van der Waals surface area (Å²) >= 11 is 0. The molecule has 1 aliphatic carbocycles. The Labute approximate surface area is 124 Å². The molecule has 1 atom stereocenters. The van der Waals surface area contributed by atoms with E-state index in [1.807, 2.05) is 11.8 Å². The van der Waals surface area contributed by atoms with Gasteiger partial charge in [-0.2, -0.15) is 0 Å². The molecule has 1 aromatic rings. The summed E-state index contributed by atoms with van der Waals surface area (Å²) in [6, 6.07) is 0.277. The first kappa shape index (κ1) is 14.8. The molecule has 118 valence electrons. The molecule has 0 aromatic carbocycles. The lowest BCUT2D eigenvalue weighted by atomic mass is 10.0. The number of rotatable bonds is 3. The molecule has 1 aromatic heterocycles. The van der Waals surface area contributed by atoms with Gasteiger partial charge < -0.3 is 14.1 Å². The van der Waals surface area contributed by atoms with Crippen molar-refractivity contribution >= 4 is 15.9 Å². The van der Waals surface area contributed by atoms with Crippen molar-refractivity contribution in [3.8, 4) is 0 Å². The van der Waals surface area contributed by atoms with Crippen molar-refractivity contribution in [1.29, 1.82) is 0 Å². The summed E-state index contributed by atoms with van der Waals surface area (Å²) in [5.74, 6) is 0. The fourth-order valence-electron chi connectivity index (χ4n) is 2.96. The van der Waals surface area contributed by atoms with Crippen molar-refractivity contribution in [2.24, 2.45) is 0 Å². The molecular weight excluding hydrogens is 294 g/mol. The molecule has 2 heterocycles. The van der Waals surface area contributed by atoms with E-state index in [2.05, 4.69) is 10.2 Å². The molecular formula is C13H21N3O4S. The second-order valence-corrected chi connectivity index (χ2v) is 7.89. The number of hydrogen-bond acceptors (Lipinski definition) is 7. The van der Waals surface area contributed by atoms with E-state index in [-0.39, 0.29) is 22.6 Å². The van der Waals surface area contributed by atoms with Gasteiger partial charge in [0.05, 0.1) is 18.0 Å². The fraction of sp³-hybridized carbons (Fsp3) is 0.846. The first-order valence-corrected chi connectivity index (χ1v) is 9.06. The maximum Gasteiger partial charge on any atom is 0.337 e. The Morgan fingerprint density at radius 3 is 2.67 bits per heavy atom. The second-order valence-electron chi connectivity index (χ2n) is 5.78. The number of sulfone groups is 1. The predicted molar refractivity (Wildman–Crippen MR) is 76.0 cm³/mol. The Balaban J connectivity index is 1.77. The fourth-order valence-corrected chi connectivity index (χ4v) is 4.54. The number of anilines is 1. The summed E-state index contributed by atoms with van der Waals surface area (Å²) in [4.78, 5) is 1.88. The third-order valence-electron chi connectivity index (χ3n) is 4.14. The first-order chi connectivity index (χ1) is 10.1. The van der Waals surface area contributed by atoms with Gasteiger partial charge in [0.25, 0.3) is 0 Å². The van der Waals surface area contributed by atoms with Crippen LogP contribution in [-0.2, 0) is 14.6 Å². The largest absolute Gasteiger partial charge is 0.394 e. The van der Waals surface area contributed by atoms with Crippen molar-refractivity contribution in [3.63, 3.8) is 0 Å². The van der Waals surface area contributed by atoms with Crippen LogP contribution in [0.4, 0.5) is 6.01 Å². The molecule has 1 aliphatic heterocycles. The Morgan fingerprint density at radius 1 is 1.19 bits per heavy atom. The van der Waals surface area contributed by atoms with Crippen LogP contribution in [0.15, 0.2) is 9.64 Å². The van der Waals surface area contributed by atoms with Gasteiger partial charge in [0.2, 0.25) is 9.84 Å². The van der Waals surface area contributed by atoms with E-state index < -0.39 is 9.84 Å². The highest BCUT2D eigenvalue weighted by Crippen LogP contribution is 2.29. The molecule has 1 saturated carbocycles. The SMILES string of the molecule is CC1CN(c2nnc(S(=O)(=O)C3CCCCC3)o2)CCO1. The summed E-state index contributed by atoms with van der Waals surface area (Å²) in [6.45, 7) is 3.80. The highest BCUT2D eigenvalue weighted by atomic mass is 32.2. The highest BCUT2D eigenvalue weighted by Gasteiger charge is 2.34. The van der Waals surface area contributed by atoms with Gasteiger partial charge in [-0.05, 0) is 19.8 Å². The molecule has 0 spiro atoms. The molecule has 0 radical (unpaired) electrons. The van der Waals surface area contributed by atoms with Crippen LogP contribution in [0.1, 0.15) is 39.0 Å². The molecule has 7 nitrogen and oxygen atoms in total. The minimum atomic E-state index is -3.49. The summed E-state index contributed by atoms with van der Waals surface area (Å²) in [5.41, 5.74) is 0. The maximum atomic E-state index is 12.5. The average molecular weight is 315 g/mol.